The molecule has 1 unspecified atom stereocenters. The predicted octanol–water partition coefficient (Wildman–Crippen LogP) is 0.891. The van der Waals surface area contributed by atoms with Crippen LogP contribution < -0.4 is 0 Å². The molecule has 0 spiro atoms. The molecule has 1 atom stereocenters. The molecule has 0 heterocycles. The van der Waals surface area contributed by atoms with Crippen LogP contribution >= 0.6 is 0 Å². The van der Waals surface area contributed by atoms with E-state index in [1.807, 2.05) is 0 Å². The second kappa shape index (κ2) is 5.57. The van der Waals surface area contributed by atoms with Gasteiger partial charge in [-0.25, -0.2) is 0 Å². The van der Waals surface area contributed by atoms with Crippen molar-refractivity contribution < 1.29 is 19.1 Å². The van der Waals surface area contributed by atoms with E-state index in [1.165, 1.54) is 6.92 Å². The van der Waals surface area contributed by atoms with E-state index in [-0.39, 0.29) is 24.6 Å². The lowest BCUT2D eigenvalue weighted by atomic mass is 10.4. The molecule has 0 aliphatic heterocycles. The van der Waals surface area contributed by atoms with Gasteiger partial charge in [-0.05, 0) is 6.92 Å². The fraction of sp³-hybridized carbons (Fsp3) is 0.750. The van der Waals surface area contributed by atoms with Crippen LogP contribution in [-0.4, -0.2) is 24.6 Å². The smallest absolute Gasteiger partial charge is 0.305 e. The highest BCUT2D eigenvalue weighted by Gasteiger charge is 2.08. The van der Waals surface area contributed by atoms with Crippen molar-refractivity contribution in [1.82, 2.24) is 0 Å². The Bertz CT molecular complexity index is 164. The Morgan fingerprint density at radius 1 is 1.42 bits per heavy atom. The van der Waals surface area contributed by atoms with E-state index in [1.54, 1.807) is 13.8 Å². The van der Waals surface area contributed by atoms with Crippen molar-refractivity contribution in [3.05, 3.63) is 0 Å². The summed E-state index contributed by atoms with van der Waals surface area (Å²) < 4.78 is 9.47. The van der Waals surface area contributed by atoms with Gasteiger partial charge in [0.05, 0.1) is 0 Å². The molecule has 0 radical (unpaired) electrons. The maximum atomic E-state index is 10.7. The molecule has 70 valence electrons. The Balaban J connectivity index is 3.52. The van der Waals surface area contributed by atoms with Crippen molar-refractivity contribution in [1.29, 1.82) is 0 Å². The Morgan fingerprint density at radius 3 is 2.42 bits per heavy atom. The van der Waals surface area contributed by atoms with Gasteiger partial charge in [0.1, 0.15) is 12.7 Å². The van der Waals surface area contributed by atoms with Crippen LogP contribution in [0.4, 0.5) is 0 Å². The average Bonchev–Trinajstić information content (AvgIpc) is 2.00. The Morgan fingerprint density at radius 2 is 2.00 bits per heavy atom. The number of hydrogen-bond acceptors (Lipinski definition) is 4. The number of hydrogen-bond donors (Lipinski definition) is 0. The summed E-state index contributed by atoms with van der Waals surface area (Å²) in [6, 6.07) is 0. The zero-order valence-corrected chi connectivity index (χ0v) is 7.62. The topological polar surface area (TPSA) is 52.6 Å². The highest BCUT2D eigenvalue weighted by molar-refractivity contribution is 5.69. The van der Waals surface area contributed by atoms with E-state index in [0.717, 1.165) is 0 Å². The normalized spacial score (nSPS) is 11.9. The molecule has 0 rings (SSSR count). The first-order valence-electron chi connectivity index (χ1n) is 3.89. The molecular weight excluding hydrogens is 160 g/mol. The van der Waals surface area contributed by atoms with Crippen molar-refractivity contribution >= 4 is 11.9 Å². The number of carbonyl (C=O) groups excluding carboxylic acids is 2. The number of esters is 2. The van der Waals surface area contributed by atoms with Gasteiger partial charge in [-0.2, -0.15) is 0 Å². The second-order valence-electron chi connectivity index (χ2n) is 2.46. The lowest BCUT2D eigenvalue weighted by molar-refractivity contribution is -0.156. The summed E-state index contributed by atoms with van der Waals surface area (Å²) in [5.74, 6) is -0.649. The zero-order valence-electron chi connectivity index (χ0n) is 7.62. The Hall–Kier alpha value is -1.06. The van der Waals surface area contributed by atoms with Gasteiger partial charge in [0.25, 0.3) is 0 Å². The summed E-state index contributed by atoms with van der Waals surface area (Å²) in [7, 11) is 0. The fourth-order valence-corrected chi connectivity index (χ4v) is 0.576. The summed E-state index contributed by atoms with van der Waals surface area (Å²) >= 11 is 0. The van der Waals surface area contributed by atoms with Crippen LogP contribution in [0, 0.1) is 0 Å². The highest BCUT2D eigenvalue weighted by atomic mass is 16.6. The molecule has 0 aromatic carbocycles. The lowest BCUT2D eigenvalue weighted by Gasteiger charge is -2.11. The Kier molecular flexibility index (Phi) is 5.08. The lowest BCUT2D eigenvalue weighted by Crippen LogP contribution is -2.21. The molecule has 0 saturated heterocycles. The molecule has 0 fully saturated rings. The molecule has 0 aromatic heterocycles. The minimum atomic E-state index is -0.366. The van der Waals surface area contributed by atoms with E-state index < -0.39 is 0 Å². The molecule has 4 heteroatoms. The molecule has 0 amide bonds. The number of ether oxygens (including phenoxy) is 2. The molecule has 4 nitrogen and oxygen atoms in total. The van der Waals surface area contributed by atoms with E-state index in [0.29, 0.717) is 6.42 Å². The maximum Gasteiger partial charge on any atom is 0.305 e. The van der Waals surface area contributed by atoms with E-state index >= 15 is 0 Å². The molecular formula is C8H14O4. The standard InChI is InChI=1S/C8H14O4/c1-4-8(10)12-6(2)5-11-7(3)9/h6H,4-5H2,1-3H3. The third-order valence-electron chi connectivity index (χ3n) is 1.14. The third-order valence-corrected chi connectivity index (χ3v) is 1.14. The van der Waals surface area contributed by atoms with Crippen molar-refractivity contribution in [3.63, 3.8) is 0 Å². The van der Waals surface area contributed by atoms with Crippen LogP contribution in [0.15, 0.2) is 0 Å². The average molecular weight is 174 g/mol. The molecule has 0 aliphatic rings. The summed E-state index contributed by atoms with van der Waals surface area (Å²) in [5, 5.41) is 0. The highest BCUT2D eigenvalue weighted by Crippen LogP contribution is 1.95. The van der Waals surface area contributed by atoms with E-state index in [2.05, 4.69) is 4.74 Å². The first-order valence-corrected chi connectivity index (χ1v) is 3.89. The minimum Gasteiger partial charge on any atom is -0.462 e. The third kappa shape index (κ3) is 5.70. The van der Waals surface area contributed by atoms with Crippen molar-refractivity contribution in [2.75, 3.05) is 6.61 Å². The Labute approximate surface area is 71.8 Å². The van der Waals surface area contributed by atoms with Crippen molar-refractivity contribution in [2.45, 2.75) is 33.3 Å². The summed E-state index contributed by atoms with van der Waals surface area (Å²) in [5.41, 5.74) is 0. The minimum absolute atomic E-state index is 0.126. The van der Waals surface area contributed by atoms with Crippen LogP contribution in [0.2, 0.25) is 0 Å². The molecule has 12 heavy (non-hydrogen) atoms. The first kappa shape index (κ1) is 10.9. The molecule has 0 aromatic rings. The van der Waals surface area contributed by atoms with Crippen LogP contribution in [0.25, 0.3) is 0 Å². The van der Waals surface area contributed by atoms with E-state index in [9.17, 15) is 9.59 Å². The molecule has 0 aliphatic carbocycles. The molecule has 0 bridgehead atoms. The van der Waals surface area contributed by atoms with Crippen LogP contribution in [0.3, 0.4) is 0 Å². The second-order valence-corrected chi connectivity index (χ2v) is 2.46. The van der Waals surface area contributed by atoms with Gasteiger partial charge in [0.2, 0.25) is 0 Å². The van der Waals surface area contributed by atoms with Crippen LogP contribution in [0.5, 0.6) is 0 Å². The zero-order chi connectivity index (χ0) is 9.56. The summed E-state index contributed by atoms with van der Waals surface area (Å²) in [6.07, 6.45) is -0.0222. The van der Waals surface area contributed by atoms with Gasteiger partial charge in [-0.15, -0.1) is 0 Å². The van der Waals surface area contributed by atoms with Gasteiger partial charge in [-0.1, -0.05) is 6.92 Å². The van der Waals surface area contributed by atoms with Crippen molar-refractivity contribution in [3.8, 4) is 0 Å². The number of rotatable bonds is 4. The van der Waals surface area contributed by atoms with Gasteiger partial charge in [-0.3, -0.25) is 9.59 Å². The summed E-state index contributed by atoms with van der Waals surface area (Å²) in [6.45, 7) is 4.83. The maximum absolute atomic E-state index is 10.7. The quantitative estimate of drug-likeness (QED) is 0.594. The summed E-state index contributed by atoms with van der Waals surface area (Å²) in [4.78, 5) is 21.0. The van der Waals surface area contributed by atoms with Crippen LogP contribution in [-0.2, 0) is 19.1 Å². The first-order chi connectivity index (χ1) is 5.56. The van der Waals surface area contributed by atoms with Crippen LogP contribution in [0.1, 0.15) is 27.2 Å². The van der Waals surface area contributed by atoms with Gasteiger partial charge < -0.3 is 9.47 Å². The van der Waals surface area contributed by atoms with Gasteiger partial charge in [0, 0.05) is 13.3 Å². The van der Waals surface area contributed by atoms with E-state index in [4.69, 9.17) is 4.74 Å². The monoisotopic (exact) mass is 174 g/mol. The predicted molar refractivity (Wildman–Crippen MR) is 42.5 cm³/mol. The SMILES string of the molecule is CCC(=O)OC(C)COC(C)=O. The fourth-order valence-electron chi connectivity index (χ4n) is 0.576. The molecule has 0 saturated carbocycles. The largest absolute Gasteiger partial charge is 0.462 e. The number of carbonyl (C=O) groups is 2. The van der Waals surface area contributed by atoms with Crippen molar-refractivity contribution in [2.24, 2.45) is 0 Å². The van der Waals surface area contributed by atoms with Gasteiger partial charge >= 0.3 is 11.9 Å². The molecule has 0 N–H and O–H groups in total. The van der Waals surface area contributed by atoms with Gasteiger partial charge in [0.15, 0.2) is 0 Å².